The Balaban J connectivity index is 1.70. The number of hydrogen-bond donors (Lipinski definition) is 1. The van der Waals surface area contributed by atoms with Crippen LogP contribution in [0.2, 0.25) is 0 Å². The third-order valence-corrected chi connectivity index (χ3v) is 6.65. The molecule has 0 amide bonds. The zero-order chi connectivity index (χ0) is 22.8. The smallest absolute Gasteiger partial charge is 0.354 e. The van der Waals surface area contributed by atoms with Crippen LogP contribution in [0.4, 0.5) is 24.7 Å². The highest BCUT2D eigenvalue weighted by Crippen LogP contribution is 2.30. The summed E-state index contributed by atoms with van der Waals surface area (Å²) in [4.78, 5) is 8.62. The molecule has 0 spiro atoms. The Labute approximate surface area is 180 Å². The normalized spacial score (nSPS) is 20.5. The number of halogens is 3. The summed E-state index contributed by atoms with van der Waals surface area (Å²) in [5.74, 6) is 0.731. The van der Waals surface area contributed by atoms with Crippen molar-refractivity contribution < 1.29 is 21.6 Å². The van der Waals surface area contributed by atoms with Gasteiger partial charge >= 0.3 is 6.18 Å². The van der Waals surface area contributed by atoms with Crippen molar-refractivity contribution >= 4 is 21.5 Å². The minimum absolute atomic E-state index is 0.232. The Hall–Kier alpha value is -2.59. The van der Waals surface area contributed by atoms with Gasteiger partial charge < -0.3 is 4.90 Å². The number of sulfonamides is 1. The van der Waals surface area contributed by atoms with Gasteiger partial charge in [0.2, 0.25) is 0 Å². The van der Waals surface area contributed by atoms with Crippen molar-refractivity contribution in [3.63, 3.8) is 0 Å². The number of piperazine rings is 1. The van der Waals surface area contributed by atoms with Gasteiger partial charge in [0, 0.05) is 31.7 Å². The number of nitrogens with one attached hydrogen (secondary N) is 1. The molecule has 10 heteroatoms. The number of nitrogens with zero attached hydrogens (tertiary/aromatic N) is 3. The lowest BCUT2D eigenvalue weighted by Gasteiger charge is -2.44. The summed E-state index contributed by atoms with van der Waals surface area (Å²) in [6.07, 6.45) is -1.23. The highest BCUT2D eigenvalue weighted by molar-refractivity contribution is 7.92. The fourth-order valence-corrected chi connectivity index (χ4v) is 4.77. The zero-order valence-electron chi connectivity index (χ0n) is 17.3. The highest BCUT2D eigenvalue weighted by Gasteiger charge is 2.31. The molecule has 1 aromatic heterocycles. The number of pyridine rings is 1. The predicted octanol–water partition coefficient (Wildman–Crippen LogP) is 3.99. The average molecular weight is 455 g/mol. The van der Waals surface area contributed by atoms with Crippen LogP contribution in [0.5, 0.6) is 0 Å². The molecule has 168 valence electrons. The maximum atomic E-state index is 12.7. The fraction of sp³-hybridized carbons (Fsp3) is 0.381. The molecule has 1 aliphatic heterocycles. The van der Waals surface area contributed by atoms with Crippen molar-refractivity contribution in [1.82, 2.24) is 9.88 Å². The van der Waals surface area contributed by atoms with Crippen molar-refractivity contribution in [3.05, 3.63) is 60.8 Å². The molecule has 1 fully saturated rings. The van der Waals surface area contributed by atoms with E-state index in [0.29, 0.717) is 12.1 Å². The summed E-state index contributed by atoms with van der Waals surface area (Å²) in [6, 6.07) is 7.27. The largest absolute Gasteiger partial charge is 0.416 e. The van der Waals surface area contributed by atoms with E-state index in [1.165, 1.54) is 6.20 Å². The van der Waals surface area contributed by atoms with Crippen LogP contribution in [0.1, 0.15) is 19.4 Å². The van der Waals surface area contributed by atoms with E-state index in [2.05, 4.69) is 39.9 Å². The minimum atomic E-state index is -4.53. The van der Waals surface area contributed by atoms with Crippen molar-refractivity contribution in [2.75, 3.05) is 29.3 Å². The van der Waals surface area contributed by atoms with Crippen LogP contribution in [0.3, 0.4) is 0 Å². The molecule has 2 unspecified atom stereocenters. The molecular weight excluding hydrogens is 429 g/mol. The molecule has 2 aromatic rings. The maximum Gasteiger partial charge on any atom is 0.416 e. The Morgan fingerprint density at radius 3 is 2.23 bits per heavy atom. The van der Waals surface area contributed by atoms with Crippen molar-refractivity contribution in [2.45, 2.75) is 37.0 Å². The van der Waals surface area contributed by atoms with Crippen LogP contribution in [-0.4, -0.2) is 50.0 Å². The van der Waals surface area contributed by atoms with E-state index in [1.54, 1.807) is 12.1 Å². The van der Waals surface area contributed by atoms with Crippen LogP contribution in [0.25, 0.3) is 0 Å². The Bertz CT molecular complexity index is 996. The van der Waals surface area contributed by atoms with E-state index in [0.717, 1.165) is 49.7 Å². The van der Waals surface area contributed by atoms with E-state index in [1.807, 2.05) is 6.08 Å². The van der Waals surface area contributed by atoms with Gasteiger partial charge in [0.1, 0.15) is 5.82 Å². The van der Waals surface area contributed by atoms with E-state index < -0.39 is 21.8 Å². The molecular formula is C21H25F3N4O2S. The fourth-order valence-electron chi connectivity index (χ4n) is 3.72. The van der Waals surface area contributed by atoms with Crippen molar-refractivity contribution in [2.24, 2.45) is 0 Å². The second-order valence-electron chi connectivity index (χ2n) is 7.62. The number of rotatable bonds is 6. The first kappa shape index (κ1) is 23.1. The number of alkyl halides is 3. The molecule has 0 radical (unpaired) electrons. The lowest BCUT2D eigenvalue weighted by atomic mass is 10.1. The molecule has 0 saturated carbocycles. The van der Waals surface area contributed by atoms with E-state index in [4.69, 9.17) is 0 Å². The van der Waals surface area contributed by atoms with E-state index in [-0.39, 0.29) is 10.6 Å². The average Bonchev–Trinajstić information content (AvgIpc) is 2.70. The van der Waals surface area contributed by atoms with Gasteiger partial charge in [-0.3, -0.25) is 9.62 Å². The standard InChI is InChI=1S/C21H25F3N4O2S/c1-4-11-28-15(2)13-27(14-16(28)3)20-10-7-18(12-25-20)26-31(29,30)19-8-5-17(6-9-19)21(22,23)24/h4-10,12,15-16,26H,1,11,13-14H2,2-3H3. The van der Waals surface area contributed by atoms with Gasteiger partial charge in [-0.05, 0) is 50.2 Å². The van der Waals surface area contributed by atoms with Gasteiger partial charge in [-0.2, -0.15) is 13.2 Å². The molecule has 1 aromatic carbocycles. The monoisotopic (exact) mass is 454 g/mol. The lowest BCUT2D eigenvalue weighted by Crippen LogP contribution is -2.56. The minimum Gasteiger partial charge on any atom is -0.354 e. The molecule has 0 bridgehead atoms. The lowest BCUT2D eigenvalue weighted by molar-refractivity contribution is -0.137. The SMILES string of the molecule is C=CCN1C(C)CN(c2ccc(NS(=O)(=O)c3ccc(C(F)(F)F)cc3)cn2)CC1C. The second-order valence-corrected chi connectivity index (χ2v) is 9.30. The highest BCUT2D eigenvalue weighted by atomic mass is 32.2. The van der Waals surface area contributed by atoms with Gasteiger partial charge in [0.05, 0.1) is 22.3 Å². The van der Waals surface area contributed by atoms with Crippen molar-refractivity contribution in [1.29, 1.82) is 0 Å². The van der Waals surface area contributed by atoms with E-state index in [9.17, 15) is 21.6 Å². The van der Waals surface area contributed by atoms with Gasteiger partial charge in [0.15, 0.2) is 0 Å². The first-order chi connectivity index (χ1) is 14.5. The van der Waals surface area contributed by atoms with Crippen molar-refractivity contribution in [3.8, 4) is 0 Å². The Kier molecular flexibility index (Phi) is 6.61. The zero-order valence-corrected chi connectivity index (χ0v) is 18.1. The molecule has 2 heterocycles. The number of aromatic nitrogens is 1. The molecule has 0 aliphatic carbocycles. The summed E-state index contributed by atoms with van der Waals surface area (Å²) in [5.41, 5.74) is -0.677. The molecule has 6 nitrogen and oxygen atoms in total. The summed E-state index contributed by atoms with van der Waals surface area (Å²) in [7, 11) is -4.03. The summed E-state index contributed by atoms with van der Waals surface area (Å²) < 4.78 is 65.4. The Morgan fingerprint density at radius 1 is 1.13 bits per heavy atom. The summed E-state index contributed by atoms with van der Waals surface area (Å²) in [5, 5.41) is 0. The first-order valence-electron chi connectivity index (χ1n) is 9.79. The third-order valence-electron chi connectivity index (χ3n) is 5.26. The van der Waals surface area contributed by atoms with Crippen LogP contribution in [-0.2, 0) is 16.2 Å². The number of benzene rings is 1. The van der Waals surface area contributed by atoms with Gasteiger partial charge in [0.25, 0.3) is 10.0 Å². The maximum absolute atomic E-state index is 12.7. The van der Waals surface area contributed by atoms with E-state index >= 15 is 0 Å². The molecule has 1 N–H and O–H groups in total. The number of hydrogen-bond acceptors (Lipinski definition) is 5. The first-order valence-corrected chi connectivity index (χ1v) is 11.3. The van der Waals surface area contributed by atoms with Gasteiger partial charge in [-0.1, -0.05) is 6.08 Å². The molecule has 2 atom stereocenters. The summed E-state index contributed by atoms with van der Waals surface area (Å²) >= 11 is 0. The van der Waals surface area contributed by atoms with Gasteiger partial charge in [-0.15, -0.1) is 6.58 Å². The third kappa shape index (κ3) is 5.37. The molecule has 1 aliphatic rings. The van der Waals surface area contributed by atoms with Gasteiger partial charge in [-0.25, -0.2) is 13.4 Å². The molecule has 1 saturated heterocycles. The molecule has 3 rings (SSSR count). The van der Waals surface area contributed by atoms with Crippen LogP contribution in [0.15, 0.2) is 60.1 Å². The topological polar surface area (TPSA) is 65.5 Å². The second kappa shape index (κ2) is 8.88. The van der Waals surface area contributed by atoms with Crippen LogP contribution < -0.4 is 9.62 Å². The summed E-state index contributed by atoms with van der Waals surface area (Å²) in [6.45, 7) is 10.5. The van der Waals surface area contributed by atoms with Crippen LogP contribution in [0, 0.1) is 0 Å². The predicted molar refractivity (Wildman–Crippen MR) is 115 cm³/mol. The Morgan fingerprint density at radius 2 is 1.74 bits per heavy atom. The quantitative estimate of drug-likeness (QED) is 0.669. The number of anilines is 2. The van der Waals surface area contributed by atoms with Crippen LogP contribution >= 0.6 is 0 Å². The molecule has 31 heavy (non-hydrogen) atoms.